The van der Waals surface area contributed by atoms with Gasteiger partial charge in [-0.05, 0) is 47.5 Å². The van der Waals surface area contributed by atoms with Gasteiger partial charge in [0.15, 0.2) is 0 Å². The number of carbonyl (C=O) groups excluding carboxylic acids is 2. The van der Waals surface area contributed by atoms with E-state index in [1.54, 1.807) is 41.5 Å². The average Bonchev–Trinajstić information content (AvgIpc) is 2.87. The van der Waals surface area contributed by atoms with Crippen molar-refractivity contribution in [2.24, 2.45) is 11.3 Å². The molecule has 0 radical (unpaired) electrons. The zero-order valence-corrected chi connectivity index (χ0v) is 18.1. The number of hydrogen-bond acceptors (Lipinski definition) is 7. The van der Waals surface area contributed by atoms with E-state index >= 15 is 0 Å². The van der Waals surface area contributed by atoms with Gasteiger partial charge >= 0.3 is 11.9 Å². The first-order chi connectivity index (χ1) is 12.5. The fourth-order valence-electron chi connectivity index (χ4n) is 2.86. The van der Waals surface area contributed by atoms with E-state index < -0.39 is 76.2 Å². The molecule has 0 bridgehead atoms. The van der Waals surface area contributed by atoms with Crippen molar-refractivity contribution >= 4 is 22.1 Å². The number of hydrogen-bond donors (Lipinski definition) is 1. The lowest BCUT2D eigenvalue weighted by Crippen LogP contribution is -2.53. The fraction of sp³-hybridized carbons (Fsp3) is 0.889. The Morgan fingerprint density at radius 2 is 1.82 bits per heavy atom. The molecule has 1 N–H and O–H groups in total. The van der Waals surface area contributed by atoms with Gasteiger partial charge in [-0.3, -0.25) is 14.1 Å². The Morgan fingerprint density at radius 1 is 1.25 bits per heavy atom. The monoisotopic (exact) mass is 426 g/mol. The number of ether oxygens (including phenoxy) is 3. The normalized spacial score (nSPS) is 24.6. The van der Waals surface area contributed by atoms with Crippen LogP contribution in [-0.4, -0.2) is 61.2 Å². The topological polar surface area (TPSA) is 116 Å². The average molecular weight is 427 g/mol. The maximum Gasteiger partial charge on any atom is 0.318 e. The van der Waals surface area contributed by atoms with Gasteiger partial charge in [-0.15, -0.1) is 0 Å². The molecule has 3 unspecified atom stereocenters. The number of esters is 2. The van der Waals surface area contributed by atoms with Crippen molar-refractivity contribution in [1.29, 1.82) is 0 Å². The summed E-state index contributed by atoms with van der Waals surface area (Å²) in [4.78, 5) is 25.9. The van der Waals surface area contributed by atoms with Gasteiger partial charge < -0.3 is 14.2 Å². The summed E-state index contributed by atoms with van der Waals surface area (Å²) in [5.41, 5.74) is -3.93. The van der Waals surface area contributed by atoms with Crippen molar-refractivity contribution in [3.8, 4) is 0 Å². The summed E-state index contributed by atoms with van der Waals surface area (Å²) < 4.78 is 62.5. The zero-order valence-electron chi connectivity index (χ0n) is 17.3. The molecule has 0 saturated carbocycles. The number of alkyl halides is 1. The first kappa shape index (κ1) is 24.8. The minimum atomic E-state index is -4.46. The zero-order chi connectivity index (χ0) is 22.0. The molecule has 0 aromatic carbocycles. The molecule has 3 atom stereocenters. The molecule has 8 nitrogen and oxygen atoms in total. The Labute approximate surface area is 165 Å². The Kier molecular flexibility index (Phi) is 7.63. The van der Waals surface area contributed by atoms with Crippen molar-refractivity contribution in [2.45, 2.75) is 71.8 Å². The second-order valence-electron chi connectivity index (χ2n) is 8.69. The summed E-state index contributed by atoms with van der Waals surface area (Å²) in [7, 11) is -4.46. The lowest BCUT2D eigenvalue weighted by atomic mass is 9.72. The van der Waals surface area contributed by atoms with Gasteiger partial charge in [0.2, 0.25) is 0 Å². The predicted octanol–water partition coefficient (Wildman–Crippen LogP) is 2.31. The molecule has 1 heterocycles. The Morgan fingerprint density at radius 3 is 2.21 bits per heavy atom. The van der Waals surface area contributed by atoms with Crippen LogP contribution in [0.5, 0.6) is 0 Å². The van der Waals surface area contributed by atoms with E-state index in [0.29, 0.717) is 6.42 Å². The third kappa shape index (κ3) is 6.38. The van der Waals surface area contributed by atoms with Crippen molar-refractivity contribution in [1.82, 2.24) is 0 Å². The molecule has 1 rings (SSSR count). The summed E-state index contributed by atoms with van der Waals surface area (Å²) in [6.45, 7) is 8.94. The first-order valence-corrected chi connectivity index (χ1v) is 10.8. The van der Waals surface area contributed by atoms with Crippen LogP contribution in [0.4, 0.5) is 4.39 Å². The van der Waals surface area contributed by atoms with E-state index in [9.17, 15) is 22.4 Å². The van der Waals surface area contributed by atoms with Crippen LogP contribution in [-0.2, 0) is 33.9 Å². The molecule has 1 saturated heterocycles. The second-order valence-corrected chi connectivity index (χ2v) is 10.3. The van der Waals surface area contributed by atoms with E-state index in [1.807, 2.05) is 0 Å². The highest BCUT2D eigenvalue weighted by molar-refractivity contribution is 7.85. The SMILES string of the molecule is CCC(C)(C)OC(=O)C(CCS(=O)(=O)O)C1(C(=O)OC(C)(C)C)COCC1F. The lowest BCUT2D eigenvalue weighted by molar-refractivity contribution is -0.187. The van der Waals surface area contributed by atoms with E-state index in [0.717, 1.165) is 0 Å². The third-order valence-electron chi connectivity index (χ3n) is 4.74. The van der Waals surface area contributed by atoms with Crippen LogP contribution in [0.3, 0.4) is 0 Å². The number of rotatable bonds is 8. The predicted molar refractivity (Wildman–Crippen MR) is 99.0 cm³/mol. The largest absolute Gasteiger partial charge is 0.459 e. The van der Waals surface area contributed by atoms with Crippen LogP contribution in [0.15, 0.2) is 0 Å². The lowest BCUT2D eigenvalue weighted by Gasteiger charge is -2.37. The van der Waals surface area contributed by atoms with Crippen molar-refractivity contribution in [3.05, 3.63) is 0 Å². The van der Waals surface area contributed by atoms with E-state index in [1.165, 1.54) is 0 Å². The van der Waals surface area contributed by atoms with Crippen LogP contribution >= 0.6 is 0 Å². The molecule has 1 aliphatic heterocycles. The van der Waals surface area contributed by atoms with Gasteiger partial charge in [-0.2, -0.15) is 8.42 Å². The molecule has 0 amide bonds. The standard InChI is InChI=1S/C18H31FO8S/c1-7-17(5,6)26-14(20)12(8-9-28(22,23)24)18(11-25-10-13(18)19)15(21)27-16(2,3)4/h12-13H,7-11H2,1-6H3,(H,22,23,24). The van der Waals surface area contributed by atoms with Crippen LogP contribution < -0.4 is 0 Å². The Hall–Kier alpha value is -1.26. The molecule has 28 heavy (non-hydrogen) atoms. The van der Waals surface area contributed by atoms with Crippen molar-refractivity contribution in [2.75, 3.05) is 19.0 Å². The van der Waals surface area contributed by atoms with E-state index in [2.05, 4.69) is 0 Å². The van der Waals surface area contributed by atoms with Crippen molar-refractivity contribution < 1.29 is 41.2 Å². The summed E-state index contributed by atoms with van der Waals surface area (Å²) in [6, 6.07) is 0. The van der Waals surface area contributed by atoms with Gasteiger partial charge in [-0.25, -0.2) is 4.39 Å². The van der Waals surface area contributed by atoms with Gasteiger partial charge in [0.05, 0.1) is 24.9 Å². The third-order valence-corrected chi connectivity index (χ3v) is 5.49. The second kappa shape index (κ2) is 8.62. The smallest absolute Gasteiger partial charge is 0.318 e. The summed E-state index contributed by atoms with van der Waals surface area (Å²) in [5, 5.41) is 0. The van der Waals surface area contributed by atoms with Crippen LogP contribution in [0.2, 0.25) is 0 Å². The highest BCUT2D eigenvalue weighted by Crippen LogP contribution is 2.44. The van der Waals surface area contributed by atoms with Crippen LogP contribution in [0, 0.1) is 11.3 Å². The fourth-order valence-corrected chi connectivity index (χ4v) is 3.39. The molecule has 0 aliphatic carbocycles. The number of carbonyl (C=O) groups is 2. The molecule has 1 aliphatic rings. The van der Waals surface area contributed by atoms with Crippen molar-refractivity contribution in [3.63, 3.8) is 0 Å². The molecular weight excluding hydrogens is 395 g/mol. The highest BCUT2D eigenvalue weighted by Gasteiger charge is 2.61. The van der Waals surface area contributed by atoms with Crippen LogP contribution in [0.1, 0.15) is 54.4 Å². The molecule has 0 aromatic heterocycles. The molecule has 10 heteroatoms. The van der Waals surface area contributed by atoms with Gasteiger partial charge in [0, 0.05) is 0 Å². The minimum absolute atomic E-state index is 0.438. The van der Waals surface area contributed by atoms with Gasteiger partial charge in [0.25, 0.3) is 10.1 Å². The maximum absolute atomic E-state index is 15.0. The summed E-state index contributed by atoms with van der Waals surface area (Å²) in [5.74, 6) is -4.28. The summed E-state index contributed by atoms with van der Waals surface area (Å²) >= 11 is 0. The Bertz CT molecular complexity index is 682. The quantitative estimate of drug-likeness (QED) is 0.464. The summed E-state index contributed by atoms with van der Waals surface area (Å²) in [6.07, 6.45) is -1.97. The maximum atomic E-state index is 15.0. The number of halogens is 1. The van der Waals surface area contributed by atoms with E-state index in [-0.39, 0.29) is 0 Å². The van der Waals surface area contributed by atoms with Gasteiger partial charge in [0.1, 0.15) is 22.8 Å². The molecule has 0 spiro atoms. The first-order valence-electron chi connectivity index (χ1n) is 9.17. The van der Waals surface area contributed by atoms with Gasteiger partial charge in [-0.1, -0.05) is 6.92 Å². The minimum Gasteiger partial charge on any atom is -0.459 e. The van der Waals surface area contributed by atoms with E-state index in [4.69, 9.17) is 18.8 Å². The molecular formula is C18H31FO8S. The molecule has 0 aromatic rings. The highest BCUT2D eigenvalue weighted by atomic mass is 32.2. The molecule has 1 fully saturated rings. The molecule has 164 valence electrons. The Balaban J connectivity index is 3.38. The van der Waals surface area contributed by atoms with Crippen LogP contribution in [0.25, 0.3) is 0 Å².